The molecule has 7 heteroatoms. The molecule has 1 N–H and O–H groups in total. The minimum Gasteiger partial charge on any atom is -0.340 e. The molecule has 0 saturated carbocycles. The number of piperidine rings is 1. The van der Waals surface area contributed by atoms with Crippen LogP contribution in [-0.2, 0) is 11.3 Å². The third-order valence-electron chi connectivity index (χ3n) is 4.43. The van der Waals surface area contributed by atoms with E-state index in [2.05, 4.69) is 20.2 Å². The largest absolute Gasteiger partial charge is 0.340 e. The van der Waals surface area contributed by atoms with Crippen LogP contribution >= 0.6 is 0 Å². The Bertz CT molecular complexity index is 809. The van der Waals surface area contributed by atoms with Crippen molar-refractivity contribution < 1.29 is 4.79 Å². The molecule has 2 aromatic heterocycles. The van der Waals surface area contributed by atoms with Gasteiger partial charge in [-0.15, -0.1) is 0 Å². The molecule has 1 aliphatic heterocycles. The summed E-state index contributed by atoms with van der Waals surface area (Å²) in [4.78, 5) is 23.1. The van der Waals surface area contributed by atoms with Crippen LogP contribution in [0.2, 0.25) is 0 Å². The number of rotatable bonds is 3. The Morgan fingerprint density at radius 1 is 1.30 bits per heavy atom. The summed E-state index contributed by atoms with van der Waals surface area (Å²) in [6.07, 6.45) is 5.28. The third kappa shape index (κ3) is 2.69. The highest BCUT2D eigenvalue weighted by atomic mass is 16.2. The predicted molar refractivity (Wildman–Crippen MR) is 84.7 cm³/mol. The lowest BCUT2D eigenvalue weighted by atomic mass is 9.97. The Morgan fingerprint density at radius 3 is 3.09 bits per heavy atom. The summed E-state index contributed by atoms with van der Waals surface area (Å²) in [6, 6.07) is 7.86. The quantitative estimate of drug-likeness (QED) is 0.796. The normalized spacial score (nSPS) is 18.4. The van der Waals surface area contributed by atoms with Gasteiger partial charge in [-0.05, 0) is 25.0 Å². The number of nitrogens with zero attached hydrogens (tertiary/aromatic N) is 5. The zero-order valence-electron chi connectivity index (χ0n) is 12.7. The second kappa shape index (κ2) is 5.83. The number of hydrogen-bond donors (Lipinski definition) is 1. The SMILES string of the molecule is O=C(Cn1cnc2ccccc21)N1CCC[C@H](c2ncn[nH]2)C1. The molecule has 3 aromatic rings. The summed E-state index contributed by atoms with van der Waals surface area (Å²) in [5.41, 5.74) is 1.91. The molecule has 0 aliphatic carbocycles. The predicted octanol–water partition coefficient (Wildman–Crippen LogP) is 1.56. The van der Waals surface area contributed by atoms with Gasteiger partial charge in [-0.2, -0.15) is 5.10 Å². The van der Waals surface area contributed by atoms with Crippen molar-refractivity contribution in [2.24, 2.45) is 0 Å². The summed E-state index contributed by atoms with van der Waals surface area (Å²) in [5.74, 6) is 1.24. The van der Waals surface area contributed by atoms with Crippen LogP contribution in [-0.4, -0.2) is 48.6 Å². The van der Waals surface area contributed by atoms with E-state index in [1.165, 1.54) is 6.33 Å². The summed E-state index contributed by atoms with van der Waals surface area (Å²) in [7, 11) is 0. The van der Waals surface area contributed by atoms with Crippen molar-refractivity contribution in [3.8, 4) is 0 Å². The monoisotopic (exact) mass is 310 g/mol. The molecule has 1 atom stereocenters. The first kappa shape index (κ1) is 13.9. The van der Waals surface area contributed by atoms with E-state index in [1.54, 1.807) is 6.33 Å². The smallest absolute Gasteiger partial charge is 0.242 e. The van der Waals surface area contributed by atoms with E-state index in [-0.39, 0.29) is 11.8 Å². The standard InChI is InChI=1S/C16H18N6O/c23-15(9-22-11-18-13-5-1-2-6-14(13)22)21-7-3-4-12(8-21)16-17-10-19-20-16/h1-2,5-6,10-12H,3-4,7-9H2,(H,17,19,20)/t12-/m0/s1. The van der Waals surface area contributed by atoms with Crippen molar-refractivity contribution >= 4 is 16.9 Å². The maximum atomic E-state index is 12.7. The molecule has 0 radical (unpaired) electrons. The van der Waals surface area contributed by atoms with Gasteiger partial charge in [0.15, 0.2) is 0 Å². The first-order chi connectivity index (χ1) is 11.3. The highest BCUT2D eigenvalue weighted by Gasteiger charge is 2.26. The highest BCUT2D eigenvalue weighted by molar-refractivity contribution is 5.80. The number of H-pyrrole nitrogens is 1. The lowest BCUT2D eigenvalue weighted by molar-refractivity contribution is -0.133. The van der Waals surface area contributed by atoms with E-state index in [0.29, 0.717) is 13.1 Å². The zero-order chi connectivity index (χ0) is 15.6. The van der Waals surface area contributed by atoms with E-state index < -0.39 is 0 Å². The molecule has 1 amide bonds. The topological polar surface area (TPSA) is 79.7 Å². The van der Waals surface area contributed by atoms with Gasteiger partial charge >= 0.3 is 0 Å². The minimum atomic E-state index is 0.123. The third-order valence-corrected chi connectivity index (χ3v) is 4.43. The Hall–Kier alpha value is -2.70. The number of nitrogens with one attached hydrogen (secondary N) is 1. The van der Waals surface area contributed by atoms with Gasteiger partial charge in [-0.25, -0.2) is 9.97 Å². The Kier molecular flexibility index (Phi) is 3.53. The van der Waals surface area contributed by atoms with Crippen LogP contribution in [0.25, 0.3) is 11.0 Å². The van der Waals surface area contributed by atoms with Gasteiger partial charge in [0, 0.05) is 19.0 Å². The van der Waals surface area contributed by atoms with E-state index in [4.69, 9.17) is 0 Å². The van der Waals surface area contributed by atoms with Crippen LogP contribution in [0.15, 0.2) is 36.9 Å². The number of para-hydroxylation sites is 2. The van der Waals surface area contributed by atoms with Crippen molar-refractivity contribution in [2.45, 2.75) is 25.3 Å². The number of imidazole rings is 1. The number of aromatic amines is 1. The molecule has 0 unspecified atom stereocenters. The lowest BCUT2D eigenvalue weighted by Gasteiger charge is -2.31. The number of aromatic nitrogens is 5. The fraction of sp³-hybridized carbons (Fsp3) is 0.375. The second-order valence-corrected chi connectivity index (χ2v) is 5.91. The minimum absolute atomic E-state index is 0.123. The molecule has 1 saturated heterocycles. The Balaban J connectivity index is 1.48. The molecule has 1 fully saturated rings. The molecule has 0 spiro atoms. The molecule has 1 aliphatic rings. The van der Waals surface area contributed by atoms with Gasteiger partial charge in [0.05, 0.1) is 17.4 Å². The Labute approximate surface area is 133 Å². The van der Waals surface area contributed by atoms with Crippen LogP contribution in [0, 0.1) is 0 Å². The number of amides is 1. The average molecular weight is 310 g/mol. The van der Waals surface area contributed by atoms with Gasteiger partial charge in [-0.3, -0.25) is 9.89 Å². The first-order valence-corrected chi connectivity index (χ1v) is 7.84. The molecule has 7 nitrogen and oxygen atoms in total. The summed E-state index contributed by atoms with van der Waals surface area (Å²) in [6.45, 7) is 1.82. The maximum Gasteiger partial charge on any atom is 0.242 e. The molecular formula is C16H18N6O. The summed E-state index contributed by atoms with van der Waals surface area (Å²) >= 11 is 0. The van der Waals surface area contributed by atoms with E-state index in [9.17, 15) is 4.79 Å². The maximum absolute atomic E-state index is 12.7. The Morgan fingerprint density at radius 2 is 2.22 bits per heavy atom. The lowest BCUT2D eigenvalue weighted by Crippen LogP contribution is -2.41. The summed E-state index contributed by atoms with van der Waals surface area (Å²) in [5, 5.41) is 6.83. The van der Waals surface area contributed by atoms with Gasteiger partial charge in [0.2, 0.25) is 5.91 Å². The van der Waals surface area contributed by atoms with Crippen molar-refractivity contribution in [1.82, 2.24) is 29.6 Å². The van der Waals surface area contributed by atoms with E-state index >= 15 is 0 Å². The van der Waals surface area contributed by atoms with Gasteiger partial charge in [0.1, 0.15) is 18.7 Å². The van der Waals surface area contributed by atoms with Gasteiger partial charge < -0.3 is 9.47 Å². The average Bonchev–Trinajstić information content (AvgIpc) is 3.25. The zero-order valence-corrected chi connectivity index (χ0v) is 12.7. The second-order valence-electron chi connectivity index (χ2n) is 5.91. The first-order valence-electron chi connectivity index (χ1n) is 7.84. The van der Waals surface area contributed by atoms with E-state index in [1.807, 2.05) is 33.7 Å². The number of hydrogen-bond acceptors (Lipinski definition) is 4. The van der Waals surface area contributed by atoms with Crippen molar-refractivity contribution in [3.63, 3.8) is 0 Å². The van der Waals surface area contributed by atoms with Crippen LogP contribution < -0.4 is 0 Å². The number of carbonyl (C=O) groups is 1. The van der Waals surface area contributed by atoms with Crippen LogP contribution in [0.5, 0.6) is 0 Å². The molecule has 23 heavy (non-hydrogen) atoms. The van der Waals surface area contributed by atoms with Gasteiger partial charge in [-0.1, -0.05) is 12.1 Å². The molecular weight excluding hydrogens is 292 g/mol. The van der Waals surface area contributed by atoms with Crippen molar-refractivity contribution in [3.05, 3.63) is 42.7 Å². The van der Waals surface area contributed by atoms with Crippen molar-refractivity contribution in [2.75, 3.05) is 13.1 Å². The molecule has 0 bridgehead atoms. The molecule has 4 rings (SSSR count). The van der Waals surface area contributed by atoms with Crippen LogP contribution in [0.3, 0.4) is 0 Å². The number of likely N-dealkylation sites (tertiary alicyclic amines) is 1. The molecule has 3 heterocycles. The number of fused-ring (bicyclic) bond motifs is 1. The highest BCUT2D eigenvalue weighted by Crippen LogP contribution is 2.24. The molecule has 118 valence electrons. The summed E-state index contributed by atoms with van der Waals surface area (Å²) < 4.78 is 1.91. The van der Waals surface area contributed by atoms with Crippen molar-refractivity contribution in [1.29, 1.82) is 0 Å². The van der Waals surface area contributed by atoms with Crippen LogP contribution in [0.4, 0.5) is 0 Å². The fourth-order valence-corrected chi connectivity index (χ4v) is 3.22. The number of benzene rings is 1. The van der Waals surface area contributed by atoms with Crippen LogP contribution in [0.1, 0.15) is 24.6 Å². The fourth-order valence-electron chi connectivity index (χ4n) is 3.22. The van der Waals surface area contributed by atoms with Gasteiger partial charge in [0.25, 0.3) is 0 Å². The molecule has 1 aromatic carbocycles. The van der Waals surface area contributed by atoms with E-state index in [0.717, 1.165) is 36.2 Å². The number of carbonyl (C=O) groups excluding carboxylic acids is 1.